The van der Waals surface area contributed by atoms with Gasteiger partial charge < -0.3 is 24.6 Å². The molecule has 0 spiro atoms. The Labute approximate surface area is 284 Å². The van der Waals surface area contributed by atoms with Crippen LogP contribution in [0.4, 0.5) is 4.79 Å². The Kier molecular flexibility index (Phi) is 29.9. The van der Waals surface area contributed by atoms with Crippen LogP contribution in [0, 0.1) is 5.92 Å². The summed E-state index contributed by atoms with van der Waals surface area (Å²) in [4.78, 5) is 21.6. The maximum Gasteiger partial charge on any atom is 0.475 e. The van der Waals surface area contributed by atoms with E-state index in [2.05, 4.69) is 28.1 Å². The van der Waals surface area contributed by atoms with Gasteiger partial charge in [-0.3, -0.25) is 4.52 Å². The van der Waals surface area contributed by atoms with Crippen LogP contribution in [0.1, 0.15) is 168 Å². The second-order valence-electron chi connectivity index (χ2n) is 14.4. The van der Waals surface area contributed by atoms with Crippen molar-refractivity contribution < 1.29 is 37.3 Å². The molecule has 9 nitrogen and oxygen atoms in total. The number of quaternary nitrogens is 1. The number of unbranched alkanes of at least 4 members (excludes halogenated alkanes) is 22. The summed E-state index contributed by atoms with van der Waals surface area (Å²) in [5, 5.41) is 0. The smallest absolute Gasteiger partial charge is 0.419 e. The van der Waals surface area contributed by atoms with Crippen molar-refractivity contribution in [2.45, 2.75) is 174 Å². The minimum Gasteiger partial charge on any atom is -0.419 e. The highest BCUT2D eigenvalue weighted by atomic mass is 31.2. The molecule has 10 heteroatoms. The third-order valence-electron chi connectivity index (χ3n) is 8.43. The number of hydrogen-bond donors (Lipinski definition) is 2. The first-order chi connectivity index (χ1) is 22.0. The molecule has 46 heavy (non-hydrogen) atoms. The molecule has 0 aliphatic carbocycles. The molecule has 0 aliphatic heterocycles. The van der Waals surface area contributed by atoms with Crippen molar-refractivity contribution in [1.29, 1.82) is 0 Å². The summed E-state index contributed by atoms with van der Waals surface area (Å²) in [6.07, 6.45) is 27.4. The van der Waals surface area contributed by atoms with Gasteiger partial charge in [-0.2, -0.15) is 0 Å². The van der Waals surface area contributed by atoms with E-state index in [9.17, 15) is 14.3 Å². The van der Waals surface area contributed by atoms with E-state index in [0.717, 1.165) is 36.6 Å². The summed E-state index contributed by atoms with van der Waals surface area (Å²) in [6.45, 7) is 6.10. The molecule has 0 aromatic heterocycles. The molecule has 0 heterocycles. The lowest BCUT2D eigenvalue weighted by Gasteiger charge is -2.25. The minimum atomic E-state index is -4.41. The molecule has 276 valence electrons. The van der Waals surface area contributed by atoms with Gasteiger partial charge in [0.25, 0.3) is 0 Å². The largest absolute Gasteiger partial charge is 0.475 e. The first-order valence-electron chi connectivity index (χ1n) is 19.0. The lowest BCUT2D eigenvalue weighted by atomic mass is 10.0. The molecule has 0 saturated heterocycles. The predicted molar refractivity (Wildman–Crippen MR) is 191 cm³/mol. The van der Waals surface area contributed by atoms with Crippen LogP contribution >= 0.6 is 7.82 Å². The van der Waals surface area contributed by atoms with Gasteiger partial charge in [0.2, 0.25) is 6.29 Å². The van der Waals surface area contributed by atoms with E-state index in [-0.39, 0.29) is 13.2 Å². The lowest BCUT2D eigenvalue weighted by molar-refractivity contribution is -0.870. The number of carbonyl (C=O) groups is 1. The number of hydrogen-bond acceptors (Lipinski definition) is 6. The van der Waals surface area contributed by atoms with Gasteiger partial charge in [0.15, 0.2) is 0 Å². The topological polar surface area (TPSA) is 117 Å². The van der Waals surface area contributed by atoms with Crippen molar-refractivity contribution >= 4 is 13.9 Å². The number of ether oxygens (including phenoxy) is 2. The molecule has 3 N–H and O–H groups in total. The Bertz CT molecular complexity index is 736. The van der Waals surface area contributed by atoms with E-state index in [1.165, 1.54) is 122 Å². The van der Waals surface area contributed by atoms with Crippen LogP contribution in [0.25, 0.3) is 0 Å². The Morgan fingerprint density at radius 3 is 1.48 bits per heavy atom. The van der Waals surface area contributed by atoms with Crippen LogP contribution in [0.3, 0.4) is 0 Å². The van der Waals surface area contributed by atoms with Crippen molar-refractivity contribution in [1.82, 2.24) is 0 Å². The van der Waals surface area contributed by atoms with E-state index in [4.69, 9.17) is 24.3 Å². The fraction of sp³-hybridized carbons (Fsp3) is 0.972. The minimum absolute atomic E-state index is 0.102. The van der Waals surface area contributed by atoms with Gasteiger partial charge >= 0.3 is 13.9 Å². The van der Waals surface area contributed by atoms with Gasteiger partial charge in [-0.15, -0.1) is 0 Å². The first-order valence-corrected chi connectivity index (χ1v) is 20.5. The second kappa shape index (κ2) is 30.4. The highest BCUT2D eigenvalue weighted by molar-refractivity contribution is 7.47. The molecule has 0 rings (SSSR count). The van der Waals surface area contributed by atoms with E-state index in [1.54, 1.807) is 6.92 Å². The van der Waals surface area contributed by atoms with Gasteiger partial charge in [0.1, 0.15) is 0 Å². The predicted octanol–water partition coefficient (Wildman–Crippen LogP) is 10.3. The van der Waals surface area contributed by atoms with Crippen LogP contribution in [0.5, 0.6) is 0 Å². The van der Waals surface area contributed by atoms with Gasteiger partial charge in [0.05, 0.1) is 40.9 Å². The number of nitrogens with zero attached hydrogens (tertiary/aromatic N) is 1. The Hall–Kier alpha value is -0.700. The molecule has 3 atom stereocenters. The van der Waals surface area contributed by atoms with Crippen molar-refractivity contribution in [2.75, 3.05) is 47.5 Å². The third kappa shape index (κ3) is 33.2. The molecule has 3 unspecified atom stereocenters. The maximum absolute atomic E-state index is 12.5. The van der Waals surface area contributed by atoms with Crippen LogP contribution < -0.4 is 5.73 Å². The lowest BCUT2D eigenvalue weighted by Crippen LogP contribution is -2.35. The van der Waals surface area contributed by atoms with Gasteiger partial charge in [-0.05, 0) is 25.7 Å². The van der Waals surface area contributed by atoms with Crippen molar-refractivity contribution in [3.8, 4) is 0 Å². The van der Waals surface area contributed by atoms with Gasteiger partial charge in [0, 0.05) is 12.5 Å². The summed E-state index contributed by atoms with van der Waals surface area (Å²) in [7, 11) is 2.26. The van der Waals surface area contributed by atoms with E-state index in [1.807, 2.05) is 0 Å². The average molecular weight is 680 g/mol. The van der Waals surface area contributed by atoms with Crippen LogP contribution in [-0.2, 0) is 23.1 Å². The summed E-state index contributed by atoms with van der Waals surface area (Å²) in [5.41, 5.74) is 5.18. The summed E-state index contributed by atoms with van der Waals surface area (Å²) in [6, 6.07) is 0. The van der Waals surface area contributed by atoms with Crippen LogP contribution in [-0.4, -0.2) is 69.3 Å². The van der Waals surface area contributed by atoms with E-state index in [0.29, 0.717) is 13.0 Å². The zero-order chi connectivity index (χ0) is 34.4. The molecular weight excluding hydrogens is 603 g/mol. The SMILES string of the molecule is CCCCCCCCCCCCCCCCCCOCC(C)C(OC(N)=O)OP(=O)(O)OCCCCCCCCCC[N+](C)(C)C. The van der Waals surface area contributed by atoms with Gasteiger partial charge in [-0.25, -0.2) is 13.9 Å². The molecular formula is C36H76N2O7P+. The molecule has 0 aromatic carbocycles. The summed E-state index contributed by atoms with van der Waals surface area (Å²) >= 11 is 0. The van der Waals surface area contributed by atoms with Crippen molar-refractivity contribution in [2.24, 2.45) is 11.7 Å². The molecule has 0 aliphatic rings. The van der Waals surface area contributed by atoms with Gasteiger partial charge in [-0.1, -0.05) is 142 Å². The molecule has 0 aromatic rings. The number of primary amides is 1. The third-order valence-corrected chi connectivity index (χ3v) is 9.42. The Balaban J connectivity index is 3.87. The zero-order valence-electron chi connectivity index (χ0n) is 30.8. The first kappa shape index (κ1) is 45.3. The maximum atomic E-state index is 12.5. The molecule has 0 saturated carbocycles. The molecule has 0 fully saturated rings. The summed E-state index contributed by atoms with van der Waals surface area (Å²) < 4.78 is 34.6. The quantitative estimate of drug-likeness (QED) is 0.0296. The number of nitrogens with two attached hydrogens (primary N) is 1. The standard InChI is InChI=1S/C36H75N2O7P/c1-6-7-8-9-10-11-12-13-14-15-16-17-19-22-25-28-31-42-33-34(2)35(44-36(37)39)45-46(40,41)43-32-29-26-23-20-18-21-24-27-30-38(3,4)5/h34-35H,6-33H2,1-5H3,(H2-,37,39,40,41)/p+1. The monoisotopic (exact) mass is 680 g/mol. The van der Waals surface area contributed by atoms with E-state index < -0.39 is 26.1 Å². The average Bonchev–Trinajstić information content (AvgIpc) is 2.97. The zero-order valence-corrected chi connectivity index (χ0v) is 31.7. The van der Waals surface area contributed by atoms with Crippen molar-refractivity contribution in [3.05, 3.63) is 0 Å². The fourth-order valence-corrected chi connectivity index (χ4v) is 6.48. The molecule has 1 amide bonds. The summed E-state index contributed by atoms with van der Waals surface area (Å²) in [5.74, 6) is -0.486. The second-order valence-corrected chi connectivity index (χ2v) is 15.8. The molecule has 0 radical (unpaired) electrons. The van der Waals surface area contributed by atoms with Crippen molar-refractivity contribution in [3.63, 3.8) is 0 Å². The number of carbonyl (C=O) groups excluding carboxylic acids is 1. The highest BCUT2D eigenvalue weighted by Crippen LogP contribution is 2.46. The Morgan fingerprint density at radius 1 is 0.674 bits per heavy atom. The van der Waals surface area contributed by atoms with Crippen LogP contribution in [0.15, 0.2) is 0 Å². The Morgan fingerprint density at radius 2 is 1.07 bits per heavy atom. The normalized spacial score (nSPS) is 14.7. The van der Waals surface area contributed by atoms with Crippen LogP contribution in [0.2, 0.25) is 0 Å². The number of amides is 1. The number of phosphoric acid groups is 1. The number of rotatable bonds is 35. The number of phosphoric ester groups is 1. The van der Waals surface area contributed by atoms with E-state index >= 15 is 0 Å². The fourth-order valence-electron chi connectivity index (χ4n) is 5.55. The molecule has 0 bridgehead atoms. The highest BCUT2D eigenvalue weighted by Gasteiger charge is 2.32.